The van der Waals surface area contributed by atoms with E-state index in [0.717, 1.165) is 17.3 Å². The van der Waals surface area contributed by atoms with Gasteiger partial charge in [0.25, 0.3) is 11.8 Å². The molecule has 1 fully saturated rings. The van der Waals surface area contributed by atoms with Gasteiger partial charge in [-0.1, -0.05) is 56.6 Å². The number of carbonyl (C=O) groups excluding carboxylic acids is 2. The van der Waals surface area contributed by atoms with Gasteiger partial charge in [0.1, 0.15) is 11.5 Å². The molecule has 3 N–H and O–H groups in total. The standard InChI is InChI=1S/C34H32ClN5O6S2/c1-34(2,3)24-8-6-22(7-9-24)19-37-39-33-40(20-27-5-4-16-45-27)32(42)30(47-33)18-23-17-25(35)10-15-29(23)46-21-31(41)38-26-11-13-28(14-12-26)48(36,43)44/h4-19H,20-21H2,1-3H3,(H,38,41)(H2,36,43,44)/b30-18-,37-19+,39-33-. The average molecular weight is 706 g/mol. The Kier molecular flexibility index (Phi) is 10.5. The van der Waals surface area contributed by atoms with Gasteiger partial charge in [-0.05, 0) is 89.0 Å². The fraction of sp³-hybridized carbons (Fsp3) is 0.176. The van der Waals surface area contributed by atoms with Gasteiger partial charge in [-0.25, -0.2) is 13.6 Å². The monoisotopic (exact) mass is 705 g/mol. The van der Waals surface area contributed by atoms with Gasteiger partial charge >= 0.3 is 0 Å². The first-order chi connectivity index (χ1) is 22.8. The second kappa shape index (κ2) is 14.6. The summed E-state index contributed by atoms with van der Waals surface area (Å²) in [5, 5.41) is 17.1. The fourth-order valence-electron chi connectivity index (χ4n) is 4.47. The highest BCUT2D eigenvalue weighted by atomic mass is 35.5. The molecule has 1 aliphatic heterocycles. The molecule has 0 saturated carbocycles. The number of hydrogen-bond acceptors (Lipinski definition) is 9. The van der Waals surface area contributed by atoms with Gasteiger partial charge in [-0.3, -0.25) is 14.5 Å². The van der Waals surface area contributed by atoms with E-state index in [0.29, 0.717) is 37.9 Å². The van der Waals surface area contributed by atoms with Gasteiger partial charge in [0, 0.05) is 16.3 Å². The van der Waals surface area contributed by atoms with Crippen LogP contribution in [0, 0.1) is 0 Å². The minimum atomic E-state index is -3.86. The topological polar surface area (TPSA) is 157 Å². The molecule has 0 bridgehead atoms. The van der Waals surface area contributed by atoms with Crippen molar-refractivity contribution in [2.75, 3.05) is 11.9 Å². The molecule has 4 aromatic rings. The smallest absolute Gasteiger partial charge is 0.267 e. The molecular weight excluding hydrogens is 674 g/mol. The summed E-state index contributed by atoms with van der Waals surface area (Å²) in [5.41, 5.74) is 2.91. The number of nitrogens with zero attached hydrogens (tertiary/aromatic N) is 3. The average Bonchev–Trinajstić information content (AvgIpc) is 3.65. The van der Waals surface area contributed by atoms with Crippen LogP contribution in [0.25, 0.3) is 6.08 Å². The van der Waals surface area contributed by atoms with Crippen molar-refractivity contribution in [1.29, 1.82) is 0 Å². The van der Waals surface area contributed by atoms with Crippen molar-refractivity contribution in [3.8, 4) is 5.75 Å². The Balaban J connectivity index is 1.34. The highest BCUT2D eigenvalue weighted by molar-refractivity contribution is 8.18. The number of rotatable bonds is 10. The van der Waals surface area contributed by atoms with E-state index in [-0.39, 0.29) is 29.4 Å². The predicted molar refractivity (Wildman–Crippen MR) is 188 cm³/mol. The SMILES string of the molecule is CC(C)(C)c1ccc(/C=N/N=C2\S/C(=C\c3cc(Cl)ccc3OCC(=O)Nc3ccc(S(N)(=O)=O)cc3)C(=O)N2Cc2ccco2)cc1. The number of nitrogens with two attached hydrogens (primary N) is 1. The van der Waals surface area contributed by atoms with Gasteiger partial charge < -0.3 is 14.5 Å². The Hall–Kier alpha value is -4.69. The van der Waals surface area contributed by atoms with Gasteiger partial charge in [-0.15, -0.1) is 5.10 Å². The van der Waals surface area contributed by atoms with E-state index in [1.54, 1.807) is 42.6 Å². The van der Waals surface area contributed by atoms with E-state index in [9.17, 15) is 18.0 Å². The normalized spacial score (nSPS) is 15.5. The lowest BCUT2D eigenvalue weighted by Gasteiger charge is -2.18. The van der Waals surface area contributed by atoms with Crippen LogP contribution in [0.1, 0.15) is 43.2 Å². The van der Waals surface area contributed by atoms with Crippen LogP contribution < -0.4 is 15.2 Å². The number of anilines is 1. The number of amidine groups is 1. The van der Waals surface area contributed by atoms with Crippen LogP contribution in [-0.4, -0.2) is 43.1 Å². The Bertz CT molecular complexity index is 2000. The molecule has 3 aromatic carbocycles. The lowest BCUT2D eigenvalue weighted by Crippen LogP contribution is -2.28. The van der Waals surface area contributed by atoms with Crippen molar-refractivity contribution in [1.82, 2.24) is 4.90 Å². The number of benzene rings is 3. The van der Waals surface area contributed by atoms with Gasteiger partial charge in [0.2, 0.25) is 10.0 Å². The molecule has 248 valence electrons. The molecule has 2 heterocycles. The number of thioether (sulfide) groups is 1. The number of amides is 2. The second-order valence-electron chi connectivity index (χ2n) is 11.7. The van der Waals surface area contributed by atoms with Crippen LogP contribution in [0.3, 0.4) is 0 Å². The van der Waals surface area contributed by atoms with E-state index in [1.165, 1.54) is 41.0 Å². The summed E-state index contributed by atoms with van der Waals surface area (Å²) in [6.45, 7) is 6.20. The largest absolute Gasteiger partial charge is 0.483 e. The van der Waals surface area contributed by atoms with Crippen molar-refractivity contribution in [2.45, 2.75) is 37.6 Å². The number of furan rings is 1. The molecule has 48 heavy (non-hydrogen) atoms. The van der Waals surface area contributed by atoms with Crippen LogP contribution in [-0.2, 0) is 31.6 Å². The first-order valence-electron chi connectivity index (χ1n) is 14.6. The zero-order valence-electron chi connectivity index (χ0n) is 26.2. The third-order valence-corrected chi connectivity index (χ3v) is 9.15. The molecule has 1 aromatic heterocycles. The highest BCUT2D eigenvalue weighted by Crippen LogP contribution is 2.36. The Labute approximate surface area is 287 Å². The molecule has 0 atom stereocenters. The van der Waals surface area contributed by atoms with E-state index in [4.69, 9.17) is 25.9 Å². The second-order valence-corrected chi connectivity index (χ2v) is 14.7. The zero-order valence-corrected chi connectivity index (χ0v) is 28.6. The first-order valence-corrected chi connectivity index (χ1v) is 17.3. The van der Waals surface area contributed by atoms with E-state index >= 15 is 0 Å². The number of nitrogens with one attached hydrogen (secondary N) is 1. The number of hydrogen-bond donors (Lipinski definition) is 2. The molecule has 0 unspecified atom stereocenters. The molecular formula is C34H32ClN5O6S2. The maximum absolute atomic E-state index is 13.6. The van der Waals surface area contributed by atoms with Gasteiger partial charge in [-0.2, -0.15) is 5.10 Å². The Morgan fingerprint density at radius 1 is 1.08 bits per heavy atom. The Morgan fingerprint density at radius 3 is 2.46 bits per heavy atom. The Morgan fingerprint density at radius 2 is 1.81 bits per heavy atom. The van der Waals surface area contributed by atoms with Crippen molar-refractivity contribution in [3.63, 3.8) is 0 Å². The molecule has 0 radical (unpaired) electrons. The number of ether oxygens (including phenoxy) is 1. The zero-order chi connectivity index (χ0) is 34.5. The van der Waals surface area contributed by atoms with Crippen LogP contribution in [0.5, 0.6) is 5.75 Å². The lowest BCUT2D eigenvalue weighted by atomic mass is 9.87. The maximum Gasteiger partial charge on any atom is 0.267 e. The summed E-state index contributed by atoms with van der Waals surface area (Å²) < 4.78 is 34.2. The molecule has 5 rings (SSSR count). The molecule has 0 aliphatic carbocycles. The number of sulfonamides is 1. The summed E-state index contributed by atoms with van der Waals surface area (Å²) in [4.78, 5) is 28.0. The van der Waals surface area contributed by atoms with Crippen molar-refractivity contribution in [3.05, 3.63) is 118 Å². The molecule has 1 saturated heterocycles. The third-order valence-electron chi connectivity index (χ3n) is 6.99. The van der Waals surface area contributed by atoms with Crippen molar-refractivity contribution >= 4 is 68.3 Å². The van der Waals surface area contributed by atoms with Crippen LogP contribution in [0.4, 0.5) is 5.69 Å². The number of halogens is 1. The quantitative estimate of drug-likeness (QED) is 0.110. The molecule has 1 aliphatic rings. The molecule has 14 heteroatoms. The summed E-state index contributed by atoms with van der Waals surface area (Å²) >= 11 is 7.42. The number of carbonyl (C=O) groups is 2. The highest BCUT2D eigenvalue weighted by Gasteiger charge is 2.34. The molecule has 0 spiro atoms. The van der Waals surface area contributed by atoms with Gasteiger partial charge in [0.15, 0.2) is 11.8 Å². The van der Waals surface area contributed by atoms with E-state index in [1.807, 2.05) is 12.1 Å². The van der Waals surface area contributed by atoms with Crippen molar-refractivity contribution < 1.29 is 27.2 Å². The minimum absolute atomic E-state index is 0.0265. The predicted octanol–water partition coefficient (Wildman–Crippen LogP) is 6.40. The first kappa shape index (κ1) is 34.6. The minimum Gasteiger partial charge on any atom is -0.483 e. The summed E-state index contributed by atoms with van der Waals surface area (Å²) in [7, 11) is -3.86. The summed E-state index contributed by atoms with van der Waals surface area (Å²) in [6, 6.07) is 21.8. The third kappa shape index (κ3) is 9.01. The van der Waals surface area contributed by atoms with Crippen molar-refractivity contribution in [2.24, 2.45) is 15.3 Å². The molecule has 11 nitrogen and oxygen atoms in total. The lowest BCUT2D eigenvalue weighted by molar-refractivity contribution is -0.122. The number of primary sulfonamides is 1. The summed E-state index contributed by atoms with van der Waals surface area (Å²) in [6.07, 6.45) is 4.77. The van der Waals surface area contributed by atoms with Crippen LogP contribution in [0.15, 0.2) is 110 Å². The maximum atomic E-state index is 13.6. The van der Waals surface area contributed by atoms with Crippen LogP contribution in [0.2, 0.25) is 5.02 Å². The fourth-order valence-corrected chi connectivity index (χ4v) is 6.09. The van der Waals surface area contributed by atoms with Crippen LogP contribution >= 0.6 is 23.4 Å². The summed E-state index contributed by atoms with van der Waals surface area (Å²) in [5.74, 6) is 0.0473. The molecule has 2 amide bonds. The van der Waals surface area contributed by atoms with Gasteiger partial charge in [0.05, 0.1) is 28.8 Å². The van der Waals surface area contributed by atoms with E-state index in [2.05, 4.69) is 48.4 Å². The van der Waals surface area contributed by atoms with E-state index < -0.39 is 15.9 Å².